The number of hydrogen-bond donors (Lipinski definition) is 1. The molecule has 0 aromatic carbocycles. The lowest BCUT2D eigenvalue weighted by atomic mass is 9.98. The zero-order chi connectivity index (χ0) is 13.0. The third-order valence-electron chi connectivity index (χ3n) is 3.30. The largest absolute Gasteiger partial charge is 0.433 e. The summed E-state index contributed by atoms with van der Waals surface area (Å²) in [6, 6.07) is 3.12. The van der Waals surface area contributed by atoms with E-state index in [1.165, 1.54) is 18.9 Å². The molecule has 1 aliphatic heterocycles. The molecule has 1 aromatic rings. The van der Waals surface area contributed by atoms with Gasteiger partial charge in [0.05, 0.1) is 12.6 Å². The van der Waals surface area contributed by atoms with Crippen molar-refractivity contribution in [3.8, 4) is 0 Å². The number of nitrogens with zero attached hydrogens (tertiary/aromatic N) is 2. The van der Waals surface area contributed by atoms with E-state index in [2.05, 4.69) is 10.2 Å². The second kappa shape index (κ2) is 5.97. The predicted molar refractivity (Wildman–Crippen MR) is 67.3 cm³/mol. The third kappa shape index (κ3) is 3.30. The van der Waals surface area contributed by atoms with Gasteiger partial charge in [-0.25, -0.2) is 0 Å². The average Bonchev–Trinajstić information content (AvgIpc) is 2.78. The Balaban J connectivity index is 1.89. The van der Waals surface area contributed by atoms with Crippen LogP contribution in [0.5, 0.6) is 0 Å². The van der Waals surface area contributed by atoms with Crippen LogP contribution in [-0.4, -0.2) is 36.5 Å². The van der Waals surface area contributed by atoms with Gasteiger partial charge in [-0.2, -0.15) is 0 Å². The van der Waals surface area contributed by atoms with E-state index >= 15 is 0 Å². The lowest BCUT2D eigenvalue weighted by Crippen LogP contribution is -2.38. The lowest BCUT2D eigenvalue weighted by Gasteiger charge is -2.31. The Morgan fingerprint density at radius 2 is 2.44 bits per heavy atom. The number of piperidine rings is 1. The second-order valence-corrected chi connectivity index (χ2v) is 4.80. The zero-order valence-corrected chi connectivity index (χ0v) is 10.6. The first-order valence-corrected chi connectivity index (χ1v) is 6.29. The molecular formula is C12H19N3O3. The summed E-state index contributed by atoms with van der Waals surface area (Å²) in [7, 11) is 1.97. The third-order valence-corrected chi connectivity index (χ3v) is 3.30. The quantitative estimate of drug-likeness (QED) is 0.637. The van der Waals surface area contributed by atoms with Gasteiger partial charge in [-0.05, 0) is 45.0 Å². The van der Waals surface area contributed by atoms with E-state index < -0.39 is 4.92 Å². The molecule has 1 unspecified atom stereocenters. The van der Waals surface area contributed by atoms with Crippen molar-refractivity contribution in [1.29, 1.82) is 0 Å². The van der Waals surface area contributed by atoms with Crippen molar-refractivity contribution >= 4 is 5.88 Å². The van der Waals surface area contributed by atoms with Gasteiger partial charge in [0, 0.05) is 6.54 Å². The monoisotopic (exact) mass is 253 g/mol. The van der Waals surface area contributed by atoms with Crippen molar-refractivity contribution in [3.63, 3.8) is 0 Å². The average molecular weight is 253 g/mol. The maximum atomic E-state index is 10.5. The predicted octanol–water partition coefficient (Wildman–Crippen LogP) is 1.62. The Morgan fingerprint density at radius 1 is 1.61 bits per heavy atom. The van der Waals surface area contributed by atoms with Crippen LogP contribution in [-0.2, 0) is 6.54 Å². The molecule has 1 aromatic heterocycles. The van der Waals surface area contributed by atoms with Gasteiger partial charge in [0.2, 0.25) is 0 Å². The standard InChI is InChI=1S/C12H19N3O3/c1-13-7-10-3-2-6-14(8-10)9-11-4-5-12(18-11)15(16)17/h4-5,10,13H,2-3,6-9H2,1H3. The first-order chi connectivity index (χ1) is 8.69. The fourth-order valence-electron chi connectivity index (χ4n) is 2.52. The van der Waals surface area contributed by atoms with E-state index in [4.69, 9.17) is 4.42 Å². The highest BCUT2D eigenvalue weighted by atomic mass is 16.6. The van der Waals surface area contributed by atoms with Crippen molar-refractivity contribution in [3.05, 3.63) is 28.0 Å². The van der Waals surface area contributed by atoms with Gasteiger partial charge in [-0.3, -0.25) is 15.0 Å². The van der Waals surface area contributed by atoms with Gasteiger partial charge in [0.15, 0.2) is 0 Å². The lowest BCUT2D eigenvalue weighted by molar-refractivity contribution is -0.402. The number of rotatable bonds is 5. The fourth-order valence-corrected chi connectivity index (χ4v) is 2.52. The molecule has 1 atom stereocenters. The van der Waals surface area contributed by atoms with Crippen molar-refractivity contribution in [2.75, 3.05) is 26.7 Å². The van der Waals surface area contributed by atoms with Crippen molar-refractivity contribution < 1.29 is 9.34 Å². The van der Waals surface area contributed by atoms with Crippen LogP contribution in [0.2, 0.25) is 0 Å². The zero-order valence-electron chi connectivity index (χ0n) is 10.6. The summed E-state index contributed by atoms with van der Waals surface area (Å²) >= 11 is 0. The summed E-state index contributed by atoms with van der Waals surface area (Å²) in [4.78, 5) is 12.3. The van der Waals surface area contributed by atoms with E-state index in [0.29, 0.717) is 18.2 Å². The summed E-state index contributed by atoms with van der Waals surface area (Å²) in [6.45, 7) is 3.74. The van der Waals surface area contributed by atoms with Gasteiger partial charge in [-0.15, -0.1) is 0 Å². The number of hydrogen-bond acceptors (Lipinski definition) is 5. The molecule has 2 rings (SSSR count). The van der Waals surface area contributed by atoms with Crippen LogP contribution in [0.1, 0.15) is 18.6 Å². The van der Waals surface area contributed by atoms with Gasteiger partial charge in [0.1, 0.15) is 10.7 Å². The van der Waals surface area contributed by atoms with E-state index in [0.717, 1.165) is 19.6 Å². The summed E-state index contributed by atoms with van der Waals surface area (Å²) in [5.41, 5.74) is 0. The molecule has 0 radical (unpaired) electrons. The van der Waals surface area contributed by atoms with Crippen LogP contribution >= 0.6 is 0 Å². The maximum Gasteiger partial charge on any atom is 0.433 e. The Hall–Kier alpha value is -1.40. The van der Waals surface area contributed by atoms with Gasteiger partial charge < -0.3 is 9.73 Å². The van der Waals surface area contributed by atoms with E-state index in [-0.39, 0.29) is 5.88 Å². The highest BCUT2D eigenvalue weighted by Crippen LogP contribution is 2.21. The Bertz CT molecular complexity index is 403. The Kier molecular flexibility index (Phi) is 4.33. The van der Waals surface area contributed by atoms with Crippen LogP contribution in [0.15, 0.2) is 16.5 Å². The first-order valence-electron chi connectivity index (χ1n) is 6.29. The Labute approximate surface area is 106 Å². The molecular weight excluding hydrogens is 234 g/mol. The van der Waals surface area contributed by atoms with E-state index in [9.17, 15) is 10.1 Å². The summed E-state index contributed by atoms with van der Waals surface area (Å²) in [6.07, 6.45) is 2.42. The number of nitrogens with one attached hydrogen (secondary N) is 1. The number of nitro groups is 1. The molecule has 0 bridgehead atoms. The van der Waals surface area contributed by atoms with Crippen molar-refractivity contribution in [2.24, 2.45) is 5.92 Å². The molecule has 0 spiro atoms. The second-order valence-electron chi connectivity index (χ2n) is 4.80. The highest BCUT2D eigenvalue weighted by molar-refractivity contribution is 5.17. The van der Waals surface area contributed by atoms with Gasteiger partial charge in [-0.1, -0.05) is 0 Å². The molecule has 6 nitrogen and oxygen atoms in total. The van der Waals surface area contributed by atoms with E-state index in [1.807, 2.05) is 7.05 Å². The van der Waals surface area contributed by atoms with Crippen LogP contribution < -0.4 is 5.32 Å². The molecule has 1 saturated heterocycles. The number of likely N-dealkylation sites (tertiary alicyclic amines) is 1. The molecule has 18 heavy (non-hydrogen) atoms. The van der Waals surface area contributed by atoms with Gasteiger partial charge >= 0.3 is 5.88 Å². The van der Waals surface area contributed by atoms with Crippen molar-refractivity contribution in [2.45, 2.75) is 19.4 Å². The molecule has 0 saturated carbocycles. The molecule has 1 N–H and O–H groups in total. The summed E-state index contributed by atoms with van der Waals surface area (Å²) in [5, 5.41) is 13.7. The molecule has 1 fully saturated rings. The SMILES string of the molecule is CNCC1CCCN(Cc2ccc([N+](=O)[O-])o2)C1. The van der Waals surface area contributed by atoms with Crippen LogP contribution in [0.3, 0.4) is 0 Å². The molecule has 100 valence electrons. The summed E-state index contributed by atoms with van der Waals surface area (Å²) in [5.74, 6) is 1.16. The van der Waals surface area contributed by atoms with Crippen LogP contribution in [0.4, 0.5) is 5.88 Å². The van der Waals surface area contributed by atoms with Gasteiger partial charge in [0.25, 0.3) is 0 Å². The minimum atomic E-state index is -0.497. The molecule has 2 heterocycles. The van der Waals surface area contributed by atoms with Crippen LogP contribution in [0.25, 0.3) is 0 Å². The Morgan fingerprint density at radius 3 is 3.11 bits per heavy atom. The highest BCUT2D eigenvalue weighted by Gasteiger charge is 2.21. The fraction of sp³-hybridized carbons (Fsp3) is 0.667. The summed E-state index contributed by atoms with van der Waals surface area (Å²) < 4.78 is 5.19. The normalized spacial score (nSPS) is 21.1. The molecule has 1 aliphatic rings. The molecule has 0 aliphatic carbocycles. The minimum Gasteiger partial charge on any atom is -0.404 e. The van der Waals surface area contributed by atoms with Crippen molar-refractivity contribution in [1.82, 2.24) is 10.2 Å². The first kappa shape index (κ1) is 13.0. The minimum absolute atomic E-state index is 0.172. The number of furan rings is 1. The molecule has 6 heteroatoms. The van der Waals surface area contributed by atoms with Crippen LogP contribution in [0, 0.1) is 16.0 Å². The van der Waals surface area contributed by atoms with E-state index in [1.54, 1.807) is 6.07 Å². The molecule has 0 amide bonds. The topological polar surface area (TPSA) is 71.5 Å². The smallest absolute Gasteiger partial charge is 0.404 e. The maximum absolute atomic E-state index is 10.5.